The number of urea groups is 1. The molecule has 0 aliphatic carbocycles. The molecule has 0 spiro atoms. The van der Waals surface area contributed by atoms with Gasteiger partial charge in [-0.3, -0.25) is 4.90 Å². The fourth-order valence-corrected chi connectivity index (χ4v) is 5.07. The summed E-state index contributed by atoms with van der Waals surface area (Å²) in [6.07, 6.45) is 3.84. The molecule has 1 aliphatic rings. The fourth-order valence-electron chi connectivity index (χ4n) is 5.07. The molecule has 2 N–H and O–H groups in total. The van der Waals surface area contributed by atoms with Crippen molar-refractivity contribution in [2.24, 2.45) is 0 Å². The minimum absolute atomic E-state index is 0.0996. The van der Waals surface area contributed by atoms with Gasteiger partial charge >= 0.3 is 6.03 Å². The molecule has 0 saturated carbocycles. The summed E-state index contributed by atoms with van der Waals surface area (Å²) in [5, 5.41) is 5.79. The summed E-state index contributed by atoms with van der Waals surface area (Å²) in [6.45, 7) is 9.25. The molecule has 0 radical (unpaired) electrons. The van der Waals surface area contributed by atoms with Crippen LogP contribution in [0.15, 0.2) is 97.2 Å². The third kappa shape index (κ3) is 7.86. The summed E-state index contributed by atoms with van der Waals surface area (Å²) in [5.74, 6) is 1.77. The summed E-state index contributed by atoms with van der Waals surface area (Å²) in [7, 11) is 0. The van der Waals surface area contributed by atoms with Gasteiger partial charge in [-0.05, 0) is 60.7 Å². The van der Waals surface area contributed by atoms with Crippen LogP contribution >= 0.6 is 0 Å². The zero-order valence-corrected chi connectivity index (χ0v) is 24.0. The van der Waals surface area contributed by atoms with Gasteiger partial charge in [-0.2, -0.15) is 0 Å². The number of likely N-dealkylation sites (tertiary alicyclic amines) is 1. The minimum Gasteiger partial charge on any atom is -0.489 e. The second-order valence-corrected chi connectivity index (χ2v) is 11.4. The molecule has 41 heavy (non-hydrogen) atoms. The number of piperidine rings is 1. The first-order valence-electron chi connectivity index (χ1n) is 14.2. The fraction of sp³-hybridized carbons (Fsp3) is 0.294. The summed E-state index contributed by atoms with van der Waals surface area (Å²) in [5.41, 5.74) is 3.37. The molecule has 1 atom stereocenters. The highest BCUT2D eigenvalue weighted by Gasteiger charge is 2.22. The van der Waals surface area contributed by atoms with Crippen LogP contribution in [0.1, 0.15) is 44.7 Å². The van der Waals surface area contributed by atoms with Crippen molar-refractivity contribution in [2.45, 2.75) is 51.7 Å². The van der Waals surface area contributed by atoms with Crippen molar-refractivity contribution in [2.75, 3.05) is 23.7 Å². The van der Waals surface area contributed by atoms with Crippen LogP contribution in [0.5, 0.6) is 17.4 Å². The Morgan fingerprint density at radius 3 is 2.59 bits per heavy atom. The zero-order chi connectivity index (χ0) is 28.7. The lowest BCUT2D eigenvalue weighted by atomic mass is 9.86. The van der Waals surface area contributed by atoms with Gasteiger partial charge in [0.05, 0.1) is 0 Å². The first-order chi connectivity index (χ1) is 19.8. The number of aromatic nitrogens is 1. The highest BCUT2D eigenvalue weighted by atomic mass is 16.5. The lowest BCUT2D eigenvalue weighted by Gasteiger charge is -2.33. The lowest BCUT2D eigenvalue weighted by Crippen LogP contribution is -2.40. The van der Waals surface area contributed by atoms with E-state index < -0.39 is 6.03 Å². The zero-order valence-electron chi connectivity index (χ0n) is 24.0. The van der Waals surface area contributed by atoms with Gasteiger partial charge in [0.2, 0.25) is 5.88 Å². The molecular formula is C34H38N4O3. The van der Waals surface area contributed by atoms with E-state index in [-0.39, 0.29) is 11.5 Å². The summed E-state index contributed by atoms with van der Waals surface area (Å²) >= 11 is 0. The van der Waals surface area contributed by atoms with E-state index in [0.717, 1.165) is 43.8 Å². The topological polar surface area (TPSA) is 75.7 Å². The molecule has 0 bridgehead atoms. The second kappa shape index (κ2) is 12.9. The Morgan fingerprint density at radius 2 is 1.76 bits per heavy atom. The van der Waals surface area contributed by atoms with Gasteiger partial charge in [0.15, 0.2) is 0 Å². The Kier molecular flexibility index (Phi) is 8.85. The molecule has 1 saturated heterocycles. The van der Waals surface area contributed by atoms with Crippen LogP contribution in [0.25, 0.3) is 0 Å². The van der Waals surface area contributed by atoms with Crippen molar-refractivity contribution in [3.63, 3.8) is 0 Å². The number of carbonyl (C=O) groups is 1. The number of ether oxygens (including phenoxy) is 2. The average Bonchev–Trinajstić information content (AvgIpc) is 2.95. The Labute approximate surface area is 242 Å². The molecule has 4 aromatic rings. The van der Waals surface area contributed by atoms with Gasteiger partial charge in [0, 0.05) is 36.6 Å². The number of anilines is 2. The number of para-hydroxylation sites is 1. The van der Waals surface area contributed by atoms with Crippen molar-refractivity contribution in [1.82, 2.24) is 9.88 Å². The van der Waals surface area contributed by atoms with Crippen LogP contribution in [0.4, 0.5) is 16.2 Å². The Balaban J connectivity index is 1.20. The number of amides is 2. The second-order valence-electron chi connectivity index (χ2n) is 11.4. The third-order valence-electron chi connectivity index (χ3n) is 7.03. The average molecular weight is 551 g/mol. The Morgan fingerprint density at radius 1 is 0.951 bits per heavy atom. The third-order valence-corrected chi connectivity index (χ3v) is 7.03. The number of carbonyl (C=O) groups excluding carboxylic acids is 1. The first kappa shape index (κ1) is 28.2. The van der Waals surface area contributed by atoms with Gasteiger partial charge in [-0.15, -0.1) is 0 Å². The van der Waals surface area contributed by atoms with E-state index in [2.05, 4.69) is 65.6 Å². The van der Waals surface area contributed by atoms with Gasteiger partial charge in [-0.25, -0.2) is 9.78 Å². The van der Waals surface area contributed by atoms with E-state index in [1.165, 1.54) is 5.56 Å². The highest BCUT2D eigenvalue weighted by Crippen LogP contribution is 2.35. The van der Waals surface area contributed by atoms with Gasteiger partial charge in [0.1, 0.15) is 23.3 Å². The maximum absolute atomic E-state index is 13.0. The summed E-state index contributed by atoms with van der Waals surface area (Å²) in [6, 6.07) is 29.1. The molecule has 3 aromatic carbocycles. The van der Waals surface area contributed by atoms with Crippen LogP contribution in [-0.2, 0) is 12.0 Å². The Bertz CT molecular complexity index is 1450. The van der Waals surface area contributed by atoms with Gasteiger partial charge < -0.3 is 20.1 Å². The molecule has 1 fully saturated rings. The van der Waals surface area contributed by atoms with Crippen LogP contribution in [0, 0.1) is 0 Å². The number of rotatable bonds is 8. The number of hydrogen-bond donors (Lipinski definition) is 2. The molecule has 7 nitrogen and oxygen atoms in total. The van der Waals surface area contributed by atoms with E-state index in [1.54, 1.807) is 18.3 Å². The molecule has 0 unspecified atom stereocenters. The van der Waals surface area contributed by atoms with Crippen LogP contribution in [-0.4, -0.2) is 35.1 Å². The first-order valence-corrected chi connectivity index (χ1v) is 14.2. The van der Waals surface area contributed by atoms with Crippen molar-refractivity contribution >= 4 is 17.4 Å². The van der Waals surface area contributed by atoms with Crippen LogP contribution in [0.2, 0.25) is 0 Å². The SMILES string of the molecule is CC(C)(C)c1ccccc1Oc1ncccc1NC(=O)Nc1cccc(O[C@@H]2CCCN(Cc3ccccc3)C2)c1. The summed E-state index contributed by atoms with van der Waals surface area (Å²) < 4.78 is 12.5. The van der Waals surface area contributed by atoms with E-state index in [1.807, 2.05) is 54.6 Å². The van der Waals surface area contributed by atoms with E-state index in [4.69, 9.17) is 9.47 Å². The molecule has 212 valence electrons. The van der Waals surface area contributed by atoms with Gasteiger partial charge in [-0.1, -0.05) is 75.4 Å². The van der Waals surface area contributed by atoms with Crippen molar-refractivity contribution in [3.8, 4) is 17.4 Å². The molecule has 2 amide bonds. The maximum Gasteiger partial charge on any atom is 0.323 e. The number of benzene rings is 3. The normalized spacial score (nSPS) is 15.6. The number of pyridine rings is 1. The van der Waals surface area contributed by atoms with Crippen molar-refractivity contribution in [1.29, 1.82) is 0 Å². The predicted octanol–water partition coefficient (Wildman–Crippen LogP) is 7.86. The largest absolute Gasteiger partial charge is 0.489 e. The lowest BCUT2D eigenvalue weighted by molar-refractivity contribution is 0.0843. The molecule has 1 aliphatic heterocycles. The monoisotopic (exact) mass is 550 g/mol. The smallest absolute Gasteiger partial charge is 0.323 e. The van der Waals surface area contributed by atoms with Gasteiger partial charge in [0.25, 0.3) is 0 Å². The minimum atomic E-state index is -0.393. The van der Waals surface area contributed by atoms with Crippen molar-refractivity contribution < 1.29 is 14.3 Å². The summed E-state index contributed by atoms with van der Waals surface area (Å²) in [4.78, 5) is 19.8. The van der Waals surface area contributed by atoms with Crippen molar-refractivity contribution in [3.05, 3.63) is 108 Å². The molecule has 2 heterocycles. The molecule has 5 rings (SSSR count). The van der Waals surface area contributed by atoms with Crippen LogP contribution < -0.4 is 20.1 Å². The van der Waals surface area contributed by atoms with E-state index >= 15 is 0 Å². The van der Waals surface area contributed by atoms with Crippen LogP contribution in [0.3, 0.4) is 0 Å². The molecular weight excluding hydrogens is 512 g/mol. The van der Waals surface area contributed by atoms with E-state index in [0.29, 0.717) is 23.0 Å². The number of nitrogens with zero attached hydrogens (tertiary/aromatic N) is 2. The molecule has 1 aromatic heterocycles. The quantitative estimate of drug-likeness (QED) is 0.234. The molecule has 7 heteroatoms. The standard InChI is InChI=1S/C34H38N4O3/c1-34(2,3)29-17-7-8-19-31(29)41-32-30(18-10-20-35-32)37-33(39)36-26-14-9-15-27(22-26)40-28-16-11-21-38(24-28)23-25-12-5-4-6-13-25/h4-10,12-15,17-20,22,28H,11,16,21,23-24H2,1-3H3,(H2,36,37,39)/t28-/m1/s1. The predicted molar refractivity (Wildman–Crippen MR) is 164 cm³/mol. The maximum atomic E-state index is 13.0. The highest BCUT2D eigenvalue weighted by molar-refractivity contribution is 6.00. The Hall–Kier alpha value is -4.36. The number of hydrogen-bond acceptors (Lipinski definition) is 5. The van der Waals surface area contributed by atoms with E-state index in [9.17, 15) is 4.79 Å². The number of nitrogens with one attached hydrogen (secondary N) is 2.